The van der Waals surface area contributed by atoms with E-state index in [0.29, 0.717) is 9.64 Å². The van der Waals surface area contributed by atoms with Gasteiger partial charge in [-0.3, -0.25) is 9.79 Å². The second-order valence-electron chi connectivity index (χ2n) is 6.17. The van der Waals surface area contributed by atoms with Gasteiger partial charge in [0.2, 0.25) is 5.91 Å². The van der Waals surface area contributed by atoms with Crippen LogP contribution >= 0.6 is 27.7 Å². The Labute approximate surface area is 158 Å². The number of aliphatic imine (C=N–C) groups is 1. The van der Waals surface area contributed by atoms with Gasteiger partial charge < -0.3 is 9.80 Å². The van der Waals surface area contributed by atoms with Crippen LogP contribution in [0.4, 0.5) is 10.1 Å². The Kier molecular flexibility index (Phi) is 5.13. The Balaban J connectivity index is 1.93. The smallest absolute Gasteiger partial charge is 0.232 e. The third kappa shape index (κ3) is 3.85. The van der Waals surface area contributed by atoms with Crippen LogP contribution in [0.1, 0.15) is 0 Å². The van der Waals surface area contributed by atoms with E-state index >= 15 is 0 Å². The minimum Gasteiger partial charge on any atom is -0.348 e. The maximum atomic E-state index is 14.5. The van der Waals surface area contributed by atoms with E-state index in [1.807, 2.05) is 0 Å². The van der Waals surface area contributed by atoms with Gasteiger partial charge in [0.25, 0.3) is 0 Å². The number of fused-ring (bicyclic) bond motifs is 1. The average Bonchev–Trinajstić information content (AvgIpc) is 2.96. The normalized spacial score (nSPS) is 24.2. The maximum Gasteiger partial charge on any atom is 0.232 e. The molecule has 0 aromatic heterocycles. The van der Waals surface area contributed by atoms with Crippen molar-refractivity contribution in [2.24, 2.45) is 4.99 Å². The minimum absolute atomic E-state index is 0.0437. The van der Waals surface area contributed by atoms with Gasteiger partial charge in [-0.1, -0.05) is 27.7 Å². The number of halogens is 2. The predicted octanol–water partition coefficient (Wildman–Crippen LogP) is 1.75. The highest BCUT2D eigenvalue weighted by atomic mass is 79.9. The van der Waals surface area contributed by atoms with Gasteiger partial charge >= 0.3 is 0 Å². The molecule has 136 valence electrons. The number of anilines is 1. The van der Waals surface area contributed by atoms with E-state index in [0.717, 1.165) is 0 Å². The monoisotopic (exact) mass is 449 g/mol. The third-order valence-electron chi connectivity index (χ3n) is 4.10. The van der Waals surface area contributed by atoms with Crippen LogP contribution in [-0.2, 0) is 14.6 Å². The van der Waals surface area contributed by atoms with Crippen LogP contribution < -0.4 is 4.90 Å². The maximum absolute atomic E-state index is 14.5. The van der Waals surface area contributed by atoms with Crippen molar-refractivity contribution < 1.29 is 17.6 Å². The van der Waals surface area contributed by atoms with Gasteiger partial charge in [0, 0.05) is 18.6 Å². The zero-order chi connectivity index (χ0) is 18.4. The Bertz CT molecular complexity index is 844. The number of amidine groups is 1. The van der Waals surface area contributed by atoms with Crippen molar-refractivity contribution in [1.82, 2.24) is 4.90 Å². The number of amides is 1. The lowest BCUT2D eigenvalue weighted by Crippen LogP contribution is -2.40. The highest BCUT2D eigenvalue weighted by Crippen LogP contribution is 2.36. The van der Waals surface area contributed by atoms with E-state index in [2.05, 4.69) is 20.9 Å². The molecule has 1 fully saturated rings. The van der Waals surface area contributed by atoms with Gasteiger partial charge in [-0.2, -0.15) is 0 Å². The molecule has 0 saturated carbocycles. The van der Waals surface area contributed by atoms with Crippen molar-refractivity contribution in [2.75, 3.05) is 36.3 Å². The Morgan fingerprint density at radius 2 is 2.16 bits per heavy atom. The Morgan fingerprint density at radius 1 is 1.44 bits per heavy atom. The van der Waals surface area contributed by atoms with Gasteiger partial charge in [0.05, 0.1) is 35.0 Å². The van der Waals surface area contributed by atoms with Gasteiger partial charge in [0.1, 0.15) is 5.82 Å². The number of benzene rings is 1. The summed E-state index contributed by atoms with van der Waals surface area (Å²) in [5, 5.41) is 0.487. The number of hydrogen-bond acceptors (Lipinski definition) is 6. The van der Waals surface area contributed by atoms with Crippen molar-refractivity contribution in [3.63, 3.8) is 0 Å². The Morgan fingerprint density at radius 3 is 2.80 bits per heavy atom. The van der Waals surface area contributed by atoms with E-state index in [1.54, 1.807) is 31.1 Å². The highest BCUT2D eigenvalue weighted by Gasteiger charge is 2.47. The number of rotatable bonds is 3. The molecular formula is C15H17BrFN3O3S2. The molecule has 0 N–H and O–H groups in total. The summed E-state index contributed by atoms with van der Waals surface area (Å²) in [5.41, 5.74) is 0.274. The lowest BCUT2D eigenvalue weighted by molar-refractivity contribution is -0.125. The first-order chi connectivity index (χ1) is 11.7. The molecule has 1 aromatic rings. The molecule has 2 aliphatic heterocycles. The van der Waals surface area contributed by atoms with E-state index in [-0.39, 0.29) is 28.9 Å². The summed E-state index contributed by atoms with van der Waals surface area (Å²) in [6.45, 7) is 0. The first-order valence-electron chi connectivity index (χ1n) is 7.53. The van der Waals surface area contributed by atoms with E-state index < -0.39 is 27.7 Å². The van der Waals surface area contributed by atoms with Crippen LogP contribution in [0.3, 0.4) is 0 Å². The quantitative estimate of drug-likeness (QED) is 0.702. The molecule has 1 amide bonds. The lowest BCUT2D eigenvalue weighted by atomic mass is 10.1. The van der Waals surface area contributed by atoms with Crippen molar-refractivity contribution in [3.05, 3.63) is 28.5 Å². The molecule has 2 heterocycles. The number of nitrogens with zero attached hydrogens (tertiary/aromatic N) is 3. The molecule has 10 heteroatoms. The number of carbonyl (C=O) groups excluding carboxylic acids is 1. The van der Waals surface area contributed by atoms with Gasteiger partial charge in [-0.25, -0.2) is 12.8 Å². The molecule has 3 rings (SSSR count). The van der Waals surface area contributed by atoms with Gasteiger partial charge in [-0.15, -0.1) is 0 Å². The fourth-order valence-corrected chi connectivity index (χ4v) is 6.12. The van der Waals surface area contributed by atoms with Crippen LogP contribution in [0.15, 0.2) is 27.7 Å². The van der Waals surface area contributed by atoms with Crippen molar-refractivity contribution in [1.29, 1.82) is 0 Å². The number of thioether (sulfide) groups is 1. The molecule has 1 saturated heterocycles. The second kappa shape index (κ2) is 6.88. The lowest BCUT2D eigenvalue weighted by Gasteiger charge is -2.27. The highest BCUT2D eigenvalue weighted by molar-refractivity contribution is 9.10. The predicted molar refractivity (Wildman–Crippen MR) is 101 cm³/mol. The molecule has 0 spiro atoms. The first-order valence-corrected chi connectivity index (χ1v) is 11.1. The SMILES string of the molecule is CN(C)C(=O)CSC1=NC2CS(=O)(=O)CC2N1c1ccc(Br)cc1F. The fourth-order valence-electron chi connectivity index (χ4n) is 2.85. The van der Waals surface area contributed by atoms with Crippen LogP contribution in [-0.4, -0.2) is 67.8 Å². The summed E-state index contributed by atoms with van der Waals surface area (Å²) in [5.74, 6) is -0.507. The molecule has 0 radical (unpaired) electrons. The molecule has 0 bridgehead atoms. The number of carbonyl (C=O) groups is 1. The summed E-state index contributed by atoms with van der Waals surface area (Å²) in [7, 11) is 0.119. The molecule has 2 aliphatic rings. The summed E-state index contributed by atoms with van der Waals surface area (Å²) in [6.07, 6.45) is 0. The summed E-state index contributed by atoms with van der Waals surface area (Å²) >= 11 is 4.42. The fraction of sp³-hybridized carbons (Fsp3) is 0.467. The van der Waals surface area contributed by atoms with E-state index in [1.165, 1.54) is 22.7 Å². The second-order valence-corrected chi connectivity index (χ2v) is 10.2. The van der Waals surface area contributed by atoms with Crippen molar-refractivity contribution in [2.45, 2.75) is 12.1 Å². The van der Waals surface area contributed by atoms with Gasteiger partial charge in [0.15, 0.2) is 15.0 Å². The van der Waals surface area contributed by atoms with Gasteiger partial charge in [-0.05, 0) is 18.2 Å². The van der Waals surface area contributed by atoms with E-state index in [9.17, 15) is 17.6 Å². The molecule has 0 aliphatic carbocycles. The molecule has 2 unspecified atom stereocenters. The Hall–Kier alpha value is -1.13. The number of sulfone groups is 1. The minimum atomic E-state index is -3.20. The standard InChI is InChI=1S/C15H17BrFN3O3S2/c1-19(2)14(21)6-24-15-18-11-7-25(22,23)8-13(11)20(15)12-4-3-9(16)5-10(12)17/h3-5,11,13H,6-8H2,1-2H3. The molecule has 6 nitrogen and oxygen atoms in total. The number of hydrogen-bond donors (Lipinski definition) is 0. The molecule has 1 aromatic carbocycles. The summed E-state index contributed by atoms with van der Waals surface area (Å²) in [4.78, 5) is 19.4. The summed E-state index contributed by atoms with van der Waals surface area (Å²) in [6, 6.07) is 3.76. The third-order valence-corrected chi connectivity index (χ3v) is 7.24. The molecule has 25 heavy (non-hydrogen) atoms. The topological polar surface area (TPSA) is 70.0 Å². The van der Waals surface area contributed by atoms with Crippen molar-refractivity contribution in [3.8, 4) is 0 Å². The zero-order valence-corrected chi connectivity index (χ0v) is 16.9. The molecule has 2 atom stereocenters. The largest absolute Gasteiger partial charge is 0.348 e. The zero-order valence-electron chi connectivity index (χ0n) is 13.6. The summed E-state index contributed by atoms with van der Waals surface area (Å²) < 4.78 is 39.0. The van der Waals surface area contributed by atoms with Crippen LogP contribution in [0.25, 0.3) is 0 Å². The van der Waals surface area contributed by atoms with Crippen LogP contribution in [0.5, 0.6) is 0 Å². The van der Waals surface area contributed by atoms with Crippen molar-refractivity contribution >= 4 is 54.3 Å². The van der Waals surface area contributed by atoms with E-state index in [4.69, 9.17) is 0 Å². The van der Waals surface area contributed by atoms with Crippen LogP contribution in [0.2, 0.25) is 0 Å². The first kappa shape index (κ1) is 18.7. The van der Waals surface area contributed by atoms with Crippen LogP contribution in [0, 0.1) is 5.82 Å². The molecular weight excluding hydrogens is 433 g/mol. The average molecular weight is 450 g/mol.